The first-order valence-electron chi connectivity index (χ1n) is 6.16. The van der Waals surface area contributed by atoms with Crippen molar-refractivity contribution >= 4 is 22.8 Å². The summed E-state index contributed by atoms with van der Waals surface area (Å²) in [5.41, 5.74) is 1.50. The monoisotopic (exact) mass is 252 g/mol. The van der Waals surface area contributed by atoms with Gasteiger partial charge < -0.3 is 4.98 Å². The first-order valence-corrected chi connectivity index (χ1v) is 6.16. The number of fused-ring (bicyclic) bond motifs is 1. The average Bonchev–Trinajstić information content (AvgIpc) is 2.77. The summed E-state index contributed by atoms with van der Waals surface area (Å²) in [6.07, 6.45) is 3.48. The van der Waals surface area contributed by atoms with Gasteiger partial charge in [-0.1, -0.05) is 39.0 Å². The largest absolute Gasteiger partial charge is 0.361 e. The molecule has 19 heavy (non-hydrogen) atoms. The zero-order valence-electron chi connectivity index (χ0n) is 11.3. The second-order valence-electron chi connectivity index (χ2n) is 5.54. The van der Waals surface area contributed by atoms with E-state index in [1.165, 1.54) is 0 Å². The zero-order chi connectivity index (χ0) is 14.0. The smallest absolute Gasteiger partial charge is 0.178 e. The van der Waals surface area contributed by atoms with Gasteiger partial charge in [0.15, 0.2) is 5.78 Å². The van der Waals surface area contributed by atoms with Crippen molar-refractivity contribution in [3.8, 4) is 6.07 Å². The van der Waals surface area contributed by atoms with Gasteiger partial charge in [0.2, 0.25) is 0 Å². The van der Waals surface area contributed by atoms with Gasteiger partial charge in [0, 0.05) is 28.1 Å². The number of hydrogen-bond acceptors (Lipinski definition) is 2. The van der Waals surface area contributed by atoms with Crippen LogP contribution in [0.1, 0.15) is 26.3 Å². The van der Waals surface area contributed by atoms with E-state index in [0.717, 1.165) is 16.5 Å². The van der Waals surface area contributed by atoms with E-state index in [2.05, 4.69) is 4.98 Å². The summed E-state index contributed by atoms with van der Waals surface area (Å²) in [7, 11) is 0. The quantitative estimate of drug-likeness (QED) is 0.654. The molecule has 2 aromatic rings. The van der Waals surface area contributed by atoms with Gasteiger partial charge in [0.05, 0.1) is 5.57 Å². The van der Waals surface area contributed by atoms with Crippen molar-refractivity contribution in [3.05, 3.63) is 41.6 Å². The molecule has 0 saturated carbocycles. The van der Waals surface area contributed by atoms with Crippen LogP contribution in [-0.4, -0.2) is 10.8 Å². The highest BCUT2D eigenvalue weighted by atomic mass is 16.1. The van der Waals surface area contributed by atoms with Gasteiger partial charge in [-0.3, -0.25) is 4.79 Å². The minimum atomic E-state index is -0.548. The number of aromatic amines is 1. The van der Waals surface area contributed by atoms with E-state index in [9.17, 15) is 10.1 Å². The highest BCUT2D eigenvalue weighted by molar-refractivity contribution is 6.07. The first-order chi connectivity index (χ1) is 8.93. The third kappa shape index (κ3) is 2.58. The fourth-order valence-corrected chi connectivity index (χ4v) is 1.92. The van der Waals surface area contributed by atoms with Crippen molar-refractivity contribution in [2.45, 2.75) is 20.8 Å². The molecule has 0 radical (unpaired) electrons. The number of allylic oxidation sites excluding steroid dienone is 1. The molecule has 0 atom stereocenters. The van der Waals surface area contributed by atoms with Crippen LogP contribution >= 0.6 is 0 Å². The molecule has 3 heteroatoms. The van der Waals surface area contributed by atoms with Crippen LogP contribution in [0.5, 0.6) is 0 Å². The number of hydrogen-bond donors (Lipinski definition) is 1. The maximum atomic E-state index is 12.2. The molecule has 0 aliphatic heterocycles. The number of ketones is 1. The molecule has 1 aromatic carbocycles. The van der Waals surface area contributed by atoms with Crippen LogP contribution in [0.3, 0.4) is 0 Å². The molecule has 0 spiro atoms. The molecule has 0 amide bonds. The van der Waals surface area contributed by atoms with Crippen molar-refractivity contribution < 1.29 is 4.79 Å². The highest BCUT2D eigenvalue weighted by Gasteiger charge is 2.25. The molecule has 96 valence electrons. The molecule has 0 saturated heterocycles. The molecule has 0 unspecified atom stereocenters. The third-order valence-corrected chi connectivity index (χ3v) is 2.97. The molecule has 0 fully saturated rings. The Bertz CT molecular complexity index is 693. The van der Waals surface area contributed by atoms with Gasteiger partial charge >= 0.3 is 0 Å². The lowest BCUT2D eigenvalue weighted by Crippen LogP contribution is -2.21. The van der Waals surface area contributed by atoms with Gasteiger partial charge in [-0.05, 0) is 12.1 Å². The minimum Gasteiger partial charge on any atom is -0.361 e. The maximum Gasteiger partial charge on any atom is 0.178 e. The predicted octanol–water partition coefficient (Wildman–Crippen LogP) is 3.69. The highest BCUT2D eigenvalue weighted by Crippen LogP contribution is 2.24. The maximum absolute atomic E-state index is 12.2. The fourth-order valence-electron chi connectivity index (χ4n) is 1.92. The Morgan fingerprint density at radius 3 is 2.63 bits per heavy atom. The summed E-state index contributed by atoms with van der Waals surface area (Å²) in [5, 5.41) is 10.2. The number of para-hydroxylation sites is 1. The number of Topliss-reactive ketones (excluding diaryl/α,β-unsaturated/α-hetero) is 1. The van der Waals surface area contributed by atoms with Crippen molar-refractivity contribution in [3.63, 3.8) is 0 Å². The Balaban J connectivity index is 2.50. The van der Waals surface area contributed by atoms with Gasteiger partial charge in [-0.15, -0.1) is 0 Å². The second kappa shape index (κ2) is 4.74. The number of nitrogens with zero attached hydrogens (tertiary/aromatic N) is 1. The molecule has 0 bridgehead atoms. The molecule has 0 aliphatic rings. The lowest BCUT2D eigenvalue weighted by atomic mass is 9.86. The molecule has 3 nitrogen and oxygen atoms in total. The van der Waals surface area contributed by atoms with E-state index in [4.69, 9.17) is 0 Å². The number of carbonyl (C=O) groups excluding carboxylic acids is 1. The van der Waals surface area contributed by atoms with Crippen molar-refractivity contribution in [2.24, 2.45) is 5.41 Å². The Hall–Kier alpha value is -2.34. The predicted molar refractivity (Wildman–Crippen MR) is 76.4 cm³/mol. The van der Waals surface area contributed by atoms with E-state index < -0.39 is 5.41 Å². The Morgan fingerprint density at radius 2 is 2.00 bits per heavy atom. The Morgan fingerprint density at radius 1 is 1.32 bits per heavy atom. The van der Waals surface area contributed by atoms with Crippen molar-refractivity contribution in [1.29, 1.82) is 5.26 Å². The number of nitrogens with one attached hydrogen (secondary N) is 1. The van der Waals surface area contributed by atoms with Crippen LogP contribution in [0, 0.1) is 16.7 Å². The SMILES string of the molecule is CC(C)(C)C(=O)C(C#N)=Cc1c[nH]c2ccccc12. The van der Waals surface area contributed by atoms with Gasteiger partial charge in [0.25, 0.3) is 0 Å². The third-order valence-electron chi connectivity index (χ3n) is 2.97. The Kier molecular flexibility index (Phi) is 3.26. The van der Waals surface area contributed by atoms with E-state index in [0.29, 0.717) is 0 Å². The summed E-state index contributed by atoms with van der Waals surface area (Å²) < 4.78 is 0. The Labute approximate surface area is 112 Å². The van der Waals surface area contributed by atoms with Crippen molar-refractivity contribution in [2.75, 3.05) is 0 Å². The average molecular weight is 252 g/mol. The topological polar surface area (TPSA) is 56.6 Å². The molecule has 1 aromatic heterocycles. The van der Waals surface area contributed by atoms with Gasteiger partial charge in [-0.2, -0.15) is 5.26 Å². The summed E-state index contributed by atoms with van der Waals surface area (Å²) >= 11 is 0. The zero-order valence-corrected chi connectivity index (χ0v) is 11.3. The van der Waals surface area contributed by atoms with Crippen LogP contribution in [0.15, 0.2) is 36.0 Å². The number of carbonyl (C=O) groups is 1. The first kappa shape index (κ1) is 13.1. The van der Waals surface area contributed by atoms with Crippen LogP contribution in [-0.2, 0) is 4.79 Å². The number of rotatable bonds is 2. The standard InChI is InChI=1S/C16H16N2O/c1-16(2,3)15(19)11(9-17)8-12-10-18-14-7-5-4-6-13(12)14/h4-8,10,18H,1-3H3. The molecule has 2 rings (SSSR count). The molecule has 1 N–H and O–H groups in total. The van der Waals surface area contributed by atoms with E-state index in [1.54, 1.807) is 6.08 Å². The van der Waals surface area contributed by atoms with Crippen LogP contribution in [0.25, 0.3) is 17.0 Å². The summed E-state index contributed by atoms with van der Waals surface area (Å²) in [5.74, 6) is -0.139. The summed E-state index contributed by atoms with van der Waals surface area (Å²) in [6.45, 7) is 5.45. The van der Waals surface area contributed by atoms with E-state index >= 15 is 0 Å². The minimum absolute atomic E-state index is 0.139. The van der Waals surface area contributed by atoms with Crippen LogP contribution in [0.4, 0.5) is 0 Å². The van der Waals surface area contributed by atoms with Gasteiger partial charge in [0.1, 0.15) is 6.07 Å². The number of H-pyrrole nitrogens is 1. The molecular weight excluding hydrogens is 236 g/mol. The second-order valence-corrected chi connectivity index (χ2v) is 5.54. The fraction of sp³-hybridized carbons (Fsp3) is 0.250. The molecule has 1 heterocycles. The number of aromatic nitrogens is 1. The summed E-state index contributed by atoms with van der Waals surface area (Å²) in [6, 6.07) is 9.82. The lowest BCUT2D eigenvalue weighted by molar-refractivity contribution is -0.121. The van der Waals surface area contributed by atoms with Crippen molar-refractivity contribution in [1.82, 2.24) is 4.98 Å². The number of nitriles is 1. The van der Waals surface area contributed by atoms with Crippen LogP contribution < -0.4 is 0 Å². The van der Waals surface area contributed by atoms with Crippen LogP contribution in [0.2, 0.25) is 0 Å². The van der Waals surface area contributed by atoms with E-state index in [-0.39, 0.29) is 11.4 Å². The summed E-state index contributed by atoms with van der Waals surface area (Å²) in [4.78, 5) is 15.3. The normalized spacial score (nSPS) is 12.4. The van der Waals surface area contributed by atoms with E-state index in [1.807, 2.05) is 57.3 Å². The lowest BCUT2D eigenvalue weighted by Gasteiger charge is -2.15. The molecule has 0 aliphatic carbocycles. The number of benzene rings is 1. The molecular formula is C16H16N2O. The van der Waals surface area contributed by atoms with Gasteiger partial charge in [-0.25, -0.2) is 0 Å².